The highest BCUT2D eigenvalue weighted by Crippen LogP contribution is 2.32. The van der Waals surface area contributed by atoms with Gasteiger partial charge in [0.1, 0.15) is 73.2 Å². The minimum absolute atomic E-state index is 0.202. The summed E-state index contributed by atoms with van der Waals surface area (Å²) in [6, 6.07) is 4.82. The molecule has 15 atom stereocenters. The largest absolute Gasteiger partial charge is 0.394 e. The molecule has 0 aliphatic carbocycles. The summed E-state index contributed by atoms with van der Waals surface area (Å²) >= 11 is 0. The number of aliphatic hydroxyl groups is 9. The molecule has 0 spiro atoms. The summed E-state index contributed by atoms with van der Waals surface area (Å²) < 4.78 is 28.1. The van der Waals surface area contributed by atoms with E-state index in [1.54, 1.807) is 18.2 Å². The fraction of sp³-hybridized carbons (Fsp3) is 0.655. The third-order valence-electron chi connectivity index (χ3n) is 8.20. The topological polar surface area (TPSA) is 286 Å². The molecule has 18 nitrogen and oxygen atoms in total. The van der Waals surface area contributed by atoms with Crippen molar-refractivity contribution in [1.29, 1.82) is 0 Å². The van der Waals surface area contributed by atoms with Gasteiger partial charge in [0.15, 0.2) is 18.8 Å². The quantitative estimate of drug-likeness (QED) is 0.104. The first-order chi connectivity index (χ1) is 22.3. The van der Waals surface area contributed by atoms with Gasteiger partial charge in [-0.25, -0.2) is 0 Å². The van der Waals surface area contributed by atoms with E-state index in [4.69, 9.17) is 23.7 Å². The fourth-order valence-corrected chi connectivity index (χ4v) is 5.58. The van der Waals surface area contributed by atoms with E-state index in [2.05, 4.69) is 17.2 Å². The van der Waals surface area contributed by atoms with Crippen LogP contribution in [0, 0.1) is 0 Å². The Morgan fingerprint density at radius 1 is 0.723 bits per heavy atom. The van der Waals surface area contributed by atoms with E-state index in [0.29, 0.717) is 0 Å². The third kappa shape index (κ3) is 8.15. The monoisotopic (exact) mass is 674 g/mol. The molecule has 3 fully saturated rings. The standard InChI is InChI=1S/C29H42N2O16/c1-3-12-4-6-13(7-5-12)26(42)31-27-22(40)21(39)24(16(10-34)43-27)46-29-23(41)25(19(37)15(9-33)45-29)47-28-17(30-11(2)35)20(38)18(36)14(8-32)44-28/h3-7,14-25,27-29,32-34,36-41H,1,8-10H2,2H3,(H,30,35)(H,31,42)/t14-,15-,16-,17-,18+,19+,20-,21-,22-,23-,24-,25+,27-,28+,29+/m1/s1. The van der Waals surface area contributed by atoms with Crippen LogP contribution in [0.1, 0.15) is 22.8 Å². The smallest absolute Gasteiger partial charge is 0.253 e. The Morgan fingerprint density at radius 3 is 1.87 bits per heavy atom. The van der Waals surface area contributed by atoms with Gasteiger partial charge in [-0.05, 0) is 17.7 Å². The van der Waals surface area contributed by atoms with E-state index < -0.39 is 124 Å². The maximum Gasteiger partial charge on any atom is 0.253 e. The molecule has 264 valence electrons. The van der Waals surface area contributed by atoms with Crippen LogP contribution < -0.4 is 10.6 Å². The average molecular weight is 675 g/mol. The van der Waals surface area contributed by atoms with Crippen molar-refractivity contribution in [2.45, 2.75) is 98.9 Å². The molecule has 0 radical (unpaired) electrons. The van der Waals surface area contributed by atoms with Gasteiger partial charge in [0.2, 0.25) is 5.91 Å². The van der Waals surface area contributed by atoms with Crippen molar-refractivity contribution in [1.82, 2.24) is 10.6 Å². The van der Waals surface area contributed by atoms with E-state index in [1.807, 2.05) is 0 Å². The molecule has 0 saturated carbocycles. The molecule has 0 bridgehead atoms. The van der Waals surface area contributed by atoms with E-state index in [-0.39, 0.29) is 5.56 Å². The van der Waals surface area contributed by atoms with Crippen molar-refractivity contribution in [3.05, 3.63) is 42.0 Å². The number of hydrogen-bond donors (Lipinski definition) is 11. The first-order valence-corrected chi connectivity index (χ1v) is 14.8. The lowest BCUT2D eigenvalue weighted by Crippen LogP contribution is -2.69. The molecule has 0 unspecified atom stereocenters. The molecule has 47 heavy (non-hydrogen) atoms. The van der Waals surface area contributed by atoms with Crippen LogP contribution in [-0.4, -0.2) is 170 Å². The van der Waals surface area contributed by atoms with Crippen LogP contribution in [0.15, 0.2) is 30.8 Å². The number of amides is 2. The van der Waals surface area contributed by atoms with Gasteiger partial charge in [-0.1, -0.05) is 24.8 Å². The Labute approximate surface area is 268 Å². The fourth-order valence-electron chi connectivity index (χ4n) is 5.58. The predicted molar refractivity (Wildman–Crippen MR) is 155 cm³/mol. The van der Waals surface area contributed by atoms with Crippen LogP contribution in [-0.2, 0) is 28.5 Å². The second-order valence-corrected chi connectivity index (χ2v) is 11.4. The molecule has 2 amide bonds. The van der Waals surface area contributed by atoms with E-state index >= 15 is 0 Å². The first kappa shape index (κ1) is 37.2. The van der Waals surface area contributed by atoms with Crippen molar-refractivity contribution in [2.24, 2.45) is 0 Å². The summed E-state index contributed by atoms with van der Waals surface area (Å²) in [5.74, 6) is -1.33. The number of carbonyl (C=O) groups excluding carboxylic acids is 2. The lowest BCUT2D eigenvalue weighted by Gasteiger charge is -2.48. The van der Waals surface area contributed by atoms with Gasteiger partial charge in [-0.15, -0.1) is 0 Å². The van der Waals surface area contributed by atoms with Crippen LogP contribution in [0.5, 0.6) is 0 Å². The average Bonchev–Trinajstić information content (AvgIpc) is 3.06. The Kier molecular flexibility index (Phi) is 12.8. The molecule has 3 aliphatic rings. The van der Waals surface area contributed by atoms with Gasteiger partial charge >= 0.3 is 0 Å². The maximum absolute atomic E-state index is 12.8. The van der Waals surface area contributed by atoms with Gasteiger partial charge in [0.05, 0.1) is 19.8 Å². The summed E-state index contributed by atoms with van der Waals surface area (Å²) in [6.07, 6.45) is -21.8. The Bertz CT molecular complexity index is 1210. The van der Waals surface area contributed by atoms with Gasteiger partial charge in [0.25, 0.3) is 5.91 Å². The zero-order chi connectivity index (χ0) is 34.6. The molecular weight excluding hydrogens is 632 g/mol. The van der Waals surface area contributed by atoms with Crippen molar-refractivity contribution in [3.8, 4) is 0 Å². The molecule has 1 aromatic carbocycles. The van der Waals surface area contributed by atoms with Crippen molar-refractivity contribution < 1.29 is 79.2 Å². The van der Waals surface area contributed by atoms with Crippen LogP contribution in [0.25, 0.3) is 6.08 Å². The van der Waals surface area contributed by atoms with Crippen LogP contribution >= 0.6 is 0 Å². The number of ether oxygens (including phenoxy) is 5. The Hall–Kier alpha value is -2.66. The van der Waals surface area contributed by atoms with Crippen molar-refractivity contribution in [3.63, 3.8) is 0 Å². The highest BCUT2D eigenvalue weighted by molar-refractivity contribution is 5.94. The third-order valence-corrected chi connectivity index (χ3v) is 8.20. The minimum Gasteiger partial charge on any atom is -0.394 e. The number of carbonyl (C=O) groups is 2. The lowest BCUT2D eigenvalue weighted by atomic mass is 9.95. The van der Waals surface area contributed by atoms with Crippen molar-refractivity contribution >= 4 is 17.9 Å². The van der Waals surface area contributed by atoms with Crippen LogP contribution in [0.4, 0.5) is 0 Å². The SMILES string of the molecule is C=Cc1ccc(C(=O)N[C@@H]2O[C@H](CO)[C@@H](O[C@@H]3O[C@H](CO)[C@H](O)[C@H](O[C@@H]4O[C@H](CO)[C@H](O)[C@H](O)[C@H]4NC(C)=O)[C@H]3O)[C@H](O)[C@H]2O)cc1. The predicted octanol–water partition coefficient (Wildman–Crippen LogP) is -5.35. The van der Waals surface area contributed by atoms with Gasteiger partial charge in [-0.3, -0.25) is 9.59 Å². The van der Waals surface area contributed by atoms with Gasteiger partial charge in [-0.2, -0.15) is 0 Å². The molecule has 18 heteroatoms. The maximum atomic E-state index is 12.8. The van der Waals surface area contributed by atoms with Gasteiger partial charge in [0, 0.05) is 12.5 Å². The molecule has 1 aromatic rings. The van der Waals surface area contributed by atoms with Gasteiger partial charge < -0.3 is 80.3 Å². The molecule has 3 heterocycles. The first-order valence-electron chi connectivity index (χ1n) is 14.8. The van der Waals surface area contributed by atoms with E-state index in [9.17, 15) is 55.5 Å². The van der Waals surface area contributed by atoms with Crippen LogP contribution in [0.3, 0.4) is 0 Å². The molecule has 3 aliphatic heterocycles. The summed E-state index contributed by atoms with van der Waals surface area (Å²) in [4.78, 5) is 24.6. The summed E-state index contributed by atoms with van der Waals surface area (Å²) in [5.41, 5.74) is 0.958. The molecule has 11 N–H and O–H groups in total. The molecule has 4 rings (SSSR count). The Morgan fingerprint density at radius 2 is 1.30 bits per heavy atom. The molecular formula is C29H42N2O16. The highest BCUT2D eigenvalue weighted by atomic mass is 16.7. The number of benzene rings is 1. The lowest BCUT2D eigenvalue weighted by molar-refractivity contribution is -0.366. The number of rotatable bonds is 11. The zero-order valence-electron chi connectivity index (χ0n) is 25.3. The van der Waals surface area contributed by atoms with Crippen LogP contribution in [0.2, 0.25) is 0 Å². The molecule has 0 aromatic heterocycles. The normalized spacial score (nSPS) is 40.8. The summed E-state index contributed by atoms with van der Waals surface area (Å²) in [5, 5.41) is 99.0. The summed E-state index contributed by atoms with van der Waals surface area (Å²) in [7, 11) is 0. The van der Waals surface area contributed by atoms with E-state index in [1.165, 1.54) is 12.1 Å². The number of hydrogen-bond acceptors (Lipinski definition) is 16. The molecule has 3 saturated heterocycles. The Balaban J connectivity index is 1.50. The second-order valence-electron chi connectivity index (χ2n) is 11.4. The number of aliphatic hydroxyl groups excluding tert-OH is 9. The minimum atomic E-state index is -1.95. The summed E-state index contributed by atoms with van der Waals surface area (Å²) in [6.45, 7) is 2.32. The number of nitrogens with one attached hydrogen (secondary N) is 2. The van der Waals surface area contributed by atoms with E-state index in [0.717, 1.165) is 12.5 Å². The zero-order valence-corrected chi connectivity index (χ0v) is 25.3. The second kappa shape index (κ2) is 16.2. The van der Waals surface area contributed by atoms with Crippen molar-refractivity contribution in [2.75, 3.05) is 19.8 Å². The highest BCUT2D eigenvalue weighted by Gasteiger charge is 2.54.